The minimum atomic E-state index is -0.605. The number of aromatic nitrogens is 2. The molecule has 2 rings (SSSR count). The summed E-state index contributed by atoms with van der Waals surface area (Å²) in [5.41, 5.74) is 5.26. The average Bonchev–Trinajstić information content (AvgIpc) is 2.51. The fourth-order valence-electron chi connectivity index (χ4n) is 2.34. The fourth-order valence-corrected chi connectivity index (χ4v) is 2.34. The first-order valence-corrected chi connectivity index (χ1v) is 7.12. The predicted octanol–water partition coefficient (Wildman–Crippen LogP) is 0.892. The van der Waals surface area contributed by atoms with Crippen LogP contribution in [0.2, 0.25) is 0 Å². The van der Waals surface area contributed by atoms with Gasteiger partial charge in [-0.2, -0.15) is 0 Å². The van der Waals surface area contributed by atoms with Crippen molar-refractivity contribution < 1.29 is 14.3 Å². The molecule has 0 bridgehead atoms. The molecule has 0 fully saturated rings. The van der Waals surface area contributed by atoms with Gasteiger partial charge in [0, 0.05) is 13.1 Å². The zero-order valence-corrected chi connectivity index (χ0v) is 13.5. The topological polar surface area (TPSA) is 108 Å². The smallest absolute Gasteiger partial charge is 0.263 e. The second-order valence-corrected chi connectivity index (χ2v) is 5.20. The molecule has 0 saturated carbocycles. The molecular formula is C15H20N4O4. The number of primary amides is 1. The van der Waals surface area contributed by atoms with Gasteiger partial charge < -0.3 is 20.5 Å². The van der Waals surface area contributed by atoms with E-state index in [1.165, 1.54) is 7.11 Å². The Balaban J connectivity index is 2.73. The van der Waals surface area contributed by atoms with E-state index >= 15 is 0 Å². The Morgan fingerprint density at radius 3 is 2.65 bits per heavy atom. The number of amides is 1. The molecule has 0 atom stereocenters. The average molecular weight is 320 g/mol. The number of nitrogens with zero attached hydrogens (tertiary/aromatic N) is 2. The molecule has 0 aliphatic carbocycles. The lowest BCUT2D eigenvalue weighted by Gasteiger charge is -2.18. The van der Waals surface area contributed by atoms with Crippen LogP contribution < -0.4 is 26.1 Å². The summed E-state index contributed by atoms with van der Waals surface area (Å²) in [6.45, 7) is 3.51. The van der Waals surface area contributed by atoms with Crippen molar-refractivity contribution in [3.05, 3.63) is 22.5 Å². The SMILES string of the molecule is CNc1nc2c(OC)c(OCC(N)=O)ccc2c(=O)n1C(C)C. The molecule has 2 aromatic rings. The van der Waals surface area contributed by atoms with Crippen LogP contribution in [0, 0.1) is 0 Å². The van der Waals surface area contributed by atoms with Crippen molar-refractivity contribution in [1.29, 1.82) is 0 Å². The number of benzene rings is 1. The molecule has 23 heavy (non-hydrogen) atoms. The zero-order valence-electron chi connectivity index (χ0n) is 13.5. The maximum atomic E-state index is 12.7. The number of hydrogen-bond donors (Lipinski definition) is 2. The van der Waals surface area contributed by atoms with Crippen LogP contribution in [0.4, 0.5) is 5.95 Å². The molecule has 0 radical (unpaired) electrons. The molecule has 1 amide bonds. The normalized spacial score (nSPS) is 10.8. The Kier molecular flexibility index (Phi) is 4.73. The number of hydrogen-bond acceptors (Lipinski definition) is 6. The number of ether oxygens (including phenoxy) is 2. The van der Waals surface area contributed by atoms with Crippen molar-refractivity contribution in [2.24, 2.45) is 5.73 Å². The highest BCUT2D eigenvalue weighted by Gasteiger charge is 2.18. The summed E-state index contributed by atoms with van der Waals surface area (Å²) >= 11 is 0. The quantitative estimate of drug-likeness (QED) is 0.818. The summed E-state index contributed by atoms with van der Waals surface area (Å²) in [7, 11) is 3.13. The number of carbonyl (C=O) groups is 1. The van der Waals surface area contributed by atoms with Crippen LogP contribution in [0.25, 0.3) is 10.9 Å². The predicted molar refractivity (Wildman–Crippen MR) is 87.2 cm³/mol. The van der Waals surface area contributed by atoms with Gasteiger partial charge in [0.15, 0.2) is 18.1 Å². The largest absolute Gasteiger partial charge is 0.491 e. The first kappa shape index (κ1) is 16.6. The Labute approximate surface area is 133 Å². The molecular weight excluding hydrogens is 300 g/mol. The highest BCUT2D eigenvalue weighted by molar-refractivity contribution is 5.87. The highest BCUT2D eigenvalue weighted by Crippen LogP contribution is 2.34. The Hall–Kier alpha value is -2.77. The summed E-state index contributed by atoms with van der Waals surface area (Å²) in [4.78, 5) is 28.1. The standard InChI is InChI=1S/C15H20N4O4/c1-8(2)19-14(21)9-5-6-10(23-7-11(16)20)13(22-4)12(9)18-15(19)17-3/h5-6,8H,7H2,1-4H3,(H2,16,20)(H,17,18). The Morgan fingerprint density at radius 1 is 1.43 bits per heavy atom. The van der Waals surface area contributed by atoms with Gasteiger partial charge >= 0.3 is 0 Å². The summed E-state index contributed by atoms with van der Waals surface area (Å²) in [6.07, 6.45) is 0. The van der Waals surface area contributed by atoms with E-state index in [9.17, 15) is 9.59 Å². The number of methoxy groups -OCH3 is 1. The first-order chi connectivity index (χ1) is 10.9. The van der Waals surface area contributed by atoms with E-state index in [0.29, 0.717) is 22.6 Å². The molecule has 3 N–H and O–H groups in total. The number of anilines is 1. The van der Waals surface area contributed by atoms with Crippen LogP contribution in [-0.4, -0.2) is 36.2 Å². The van der Waals surface area contributed by atoms with Gasteiger partial charge in [0.2, 0.25) is 5.95 Å². The second kappa shape index (κ2) is 6.55. The molecule has 124 valence electrons. The van der Waals surface area contributed by atoms with Crippen LogP contribution in [0.5, 0.6) is 11.5 Å². The number of nitrogens with one attached hydrogen (secondary N) is 1. The lowest BCUT2D eigenvalue weighted by molar-refractivity contribution is -0.119. The van der Waals surface area contributed by atoms with Crippen molar-refractivity contribution in [2.45, 2.75) is 19.9 Å². The van der Waals surface area contributed by atoms with Gasteiger partial charge in [-0.05, 0) is 26.0 Å². The molecule has 1 aromatic carbocycles. The summed E-state index contributed by atoms with van der Waals surface area (Å²) < 4.78 is 12.2. The van der Waals surface area contributed by atoms with Crippen LogP contribution in [0.1, 0.15) is 19.9 Å². The fraction of sp³-hybridized carbons (Fsp3) is 0.400. The van der Waals surface area contributed by atoms with Crippen LogP contribution >= 0.6 is 0 Å². The maximum absolute atomic E-state index is 12.7. The van der Waals surface area contributed by atoms with Crippen LogP contribution in [-0.2, 0) is 4.79 Å². The first-order valence-electron chi connectivity index (χ1n) is 7.12. The lowest BCUT2D eigenvalue weighted by Crippen LogP contribution is -2.26. The van der Waals surface area contributed by atoms with Gasteiger partial charge in [-0.25, -0.2) is 4.98 Å². The van der Waals surface area contributed by atoms with Gasteiger partial charge in [-0.3, -0.25) is 14.2 Å². The number of fused-ring (bicyclic) bond motifs is 1. The molecule has 1 aromatic heterocycles. The third-order valence-corrected chi connectivity index (χ3v) is 3.30. The molecule has 0 spiro atoms. The number of nitrogens with two attached hydrogens (primary N) is 1. The minimum absolute atomic E-state index is 0.0568. The molecule has 8 nitrogen and oxygen atoms in total. The number of rotatable bonds is 6. The second-order valence-electron chi connectivity index (χ2n) is 5.20. The lowest BCUT2D eigenvalue weighted by atomic mass is 10.2. The van der Waals surface area contributed by atoms with E-state index in [0.717, 1.165) is 0 Å². The van der Waals surface area contributed by atoms with Crippen molar-refractivity contribution in [1.82, 2.24) is 9.55 Å². The zero-order chi connectivity index (χ0) is 17.1. The minimum Gasteiger partial charge on any atom is -0.491 e. The van der Waals surface area contributed by atoms with Crippen molar-refractivity contribution in [3.8, 4) is 11.5 Å². The van der Waals surface area contributed by atoms with Gasteiger partial charge in [0.1, 0.15) is 5.52 Å². The maximum Gasteiger partial charge on any atom is 0.263 e. The number of carbonyl (C=O) groups excluding carboxylic acids is 1. The highest BCUT2D eigenvalue weighted by atomic mass is 16.5. The van der Waals surface area contributed by atoms with Crippen molar-refractivity contribution >= 4 is 22.8 Å². The Bertz CT molecular complexity index is 798. The van der Waals surface area contributed by atoms with E-state index < -0.39 is 5.91 Å². The van der Waals surface area contributed by atoms with Gasteiger partial charge in [-0.15, -0.1) is 0 Å². The van der Waals surface area contributed by atoms with Crippen molar-refractivity contribution in [2.75, 3.05) is 26.1 Å². The van der Waals surface area contributed by atoms with Crippen LogP contribution in [0.3, 0.4) is 0 Å². The van der Waals surface area contributed by atoms with Gasteiger partial charge in [0.05, 0.1) is 12.5 Å². The monoisotopic (exact) mass is 320 g/mol. The van der Waals surface area contributed by atoms with Gasteiger partial charge in [0.25, 0.3) is 11.5 Å². The molecule has 8 heteroatoms. The van der Waals surface area contributed by atoms with E-state index in [1.807, 2.05) is 13.8 Å². The van der Waals surface area contributed by atoms with Gasteiger partial charge in [-0.1, -0.05) is 0 Å². The summed E-state index contributed by atoms with van der Waals surface area (Å²) in [5.74, 6) is 0.400. The van der Waals surface area contributed by atoms with E-state index in [-0.39, 0.29) is 24.0 Å². The molecule has 0 aliphatic rings. The van der Waals surface area contributed by atoms with Crippen LogP contribution in [0.15, 0.2) is 16.9 Å². The summed E-state index contributed by atoms with van der Waals surface area (Å²) in [6, 6.07) is 3.11. The third kappa shape index (κ3) is 3.05. The molecule has 0 aliphatic heterocycles. The van der Waals surface area contributed by atoms with E-state index in [1.54, 1.807) is 23.7 Å². The molecule has 0 saturated heterocycles. The Morgan fingerprint density at radius 2 is 2.13 bits per heavy atom. The third-order valence-electron chi connectivity index (χ3n) is 3.30. The molecule has 0 unspecified atom stereocenters. The summed E-state index contributed by atoms with van der Waals surface area (Å²) in [5, 5.41) is 3.32. The van der Waals surface area contributed by atoms with E-state index in [2.05, 4.69) is 10.3 Å². The van der Waals surface area contributed by atoms with E-state index in [4.69, 9.17) is 15.2 Å². The van der Waals surface area contributed by atoms with Crippen molar-refractivity contribution in [3.63, 3.8) is 0 Å². The molecule has 1 heterocycles.